The van der Waals surface area contributed by atoms with Crippen LogP contribution in [0.15, 0.2) is 12.3 Å². The summed E-state index contributed by atoms with van der Waals surface area (Å²) in [5.41, 5.74) is 0. The van der Waals surface area contributed by atoms with Crippen LogP contribution < -0.4 is 5.32 Å². The lowest BCUT2D eigenvalue weighted by atomic mass is 10.1. The van der Waals surface area contributed by atoms with Gasteiger partial charge in [-0.2, -0.15) is 0 Å². The van der Waals surface area contributed by atoms with Crippen molar-refractivity contribution in [3.8, 4) is 0 Å². The number of nitrogens with one attached hydrogen (secondary N) is 1. The largest absolute Gasteiger partial charge is 0.362 e. The van der Waals surface area contributed by atoms with Crippen LogP contribution in [0.4, 0.5) is 0 Å². The van der Waals surface area contributed by atoms with Crippen LogP contribution in [0, 0.1) is 0 Å². The van der Waals surface area contributed by atoms with Gasteiger partial charge in [-0.15, -0.1) is 0 Å². The van der Waals surface area contributed by atoms with E-state index >= 15 is 0 Å². The molecule has 0 bridgehead atoms. The first-order valence-corrected chi connectivity index (χ1v) is 7.62. The Morgan fingerprint density at radius 1 is 0.882 bits per heavy atom. The van der Waals surface area contributed by atoms with Gasteiger partial charge in [0.1, 0.15) is 0 Å². The third-order valence-electron chi connectivity index (χ3n) is 4.02. The van der Waals surface area contributed by atoms with Crippen molar-refractivity contribution in [3.05, 3.63) is 12.3 Å². The number of nitrogens with zero attached hydrogens (tertiary/aromatic N) is 1. The molecule has 2 aliphatic rings. The lowest BCUT2D eigenvalue weighted by Crippen LogP contribution is -2.48. The Hall–Kier alpha value is -0.500. The Balaban J connectivity index is 1.85. The number of rotatable bonds is 0. The van der Waals surface area contributed by atoms with E-state index in [0.717, 1.165) is 0 Å². The molecule has 2 rings (SSSR count). The summed E-state index contributed by atoms with van der Waals surface area (Å²) in [4.78, 5) is 2.53. The van der Waals surface area contributed by atoms with E-state index in [0.29, 0.717) is 6.17 Å². The summed E-state index contributed by atoms with van der Waals surface area (Å²) in [6, 6.07) is 0. The van der Waals surface area contributed by atoms with Crippen molar-refractivity contribution < 1.29 is 0 Å². The summed E-state index contributed by atoms with van der Waals surface area (Å²) in [5.74, 6) is 0. The zero-order valence-corrected chi connectivity index (χ0v) is 11.2. The molecular weight excluding hydrogens is 208 g/mol. The fourth-order valence-electron chi connectivity index (χ4n) is 2.94. The summed E-state index contributed by atoms with van der Waals surface area (Å²) in [6.45, 7) is 2.45. The van der Waals surface area contributed by atoms with Gasteiger partial charge in [0.15, 0.2) is 0 Å². The van der Waals surface area contributed by atoms with Gasteiger partial charge in [0.2, 0.25) is 0 Å². The first-order valence-electron chi connectivity index (χ1n) is 7.62. The van der Waals surface area contributed by atoms with Crippen LogP contribution in [0.1, 0.15) is 64.2 Å². The van der Waals surface area contributed by atoms with Crippen molar-refractivity contribution in [2.45, 2.75) is 70.4 Å². The smallest absolute Gasteiger partial charge is 0.0790 e. The van der Waals surface area contributed by atoms with Gasteiger partial charge in [-0.05, 0) is 38.4 Å². The average molecular weight is 236 g/mol. The van der Waals surface area contributed by atoms with Gasteiger partial charge in [-0.25, -0.2) is 0 Å². The highest BCUT2D eigenvalue weighted by molar-refractivity contribution is 4.88. The first kappa shape index (κ1) is 12.9. The zero-order valence-electron chi connectivity index (χ0n) is 11.2. The summed E-state index contributed by atoms with van der Waals surface area (Å²) in [7, 11) is 0. The molecule has 0 aromatic rings. The van der Waals surface area contributed by atoms with Crippen LogP contribution in [0.3, 0.4) is 0 Å². The van der Waals surface area contributed by atoms with E-state index in [2.05, 4.69) is 22.5 Å². The van der Waals surface area contributed by atoms with Gasteiger partial charge in [-0.1, -0.05) is 44.6 Å². The monoisotopic (exact) mass is 236 g/mol. The molecular formula is C15H28N2. The lowest BCUT2D eigenvalue weighted by molar-refractivity contribution is 0.177. The van der Waals surface area contributed by atoms with Crippen LogP contribution in [0.5, 0.6) is 0 Å². The van der Waals surface area contributed by atoms with Crippen molar-refractivity contribution in [2.75, 3.05) is 13.1 Å². The van der Waals surface area contributed by atoms with Crippen LogP contribution in [-0.4, -0.2) is 24.2 Å². The Kier molecular flexibility index (Phi) is 5.90. The highest BCUT2D eigenvalue weighted by Crippen LogP contribution is 2.16. The van der Waals surface area contributed by atoms with Crippen LogP contribution in [0.2, 0.25) is 0 Å². The molecule has 0 radical (unpaired) electrons. The first-order chi connectivity index (χ1) is 8.47. The molecule has 1 unspecified atom stereocenters. The highest BCUT2D eigenvalue weighted by atomic mass is 15.3. The van der Waals surface area contributed by atoms with E-state index in [4.69, 9.17) is 0 Å². The molecule has 2 aliphatic heterocycles. The predicted molar refractivity (Wildman–Crippen MR) is 73.8 cm³/mol. The molecule has 2 nitrogen and oxygen atoms in total. The molecule has 1 saturated heterocycles. The summed E-state index contributed by atoms with van der Waals surface area (Å²) in [5, 5.41) is 3.66. The summed E-state index contributed by atoms with van der Waals surface area (Å²) >= 11 is 0. The number of hydrogen-bond acceptors (Lipinski definition) is 2. The van der Waals surface area contributed by atoms with Crippen molar-refractivity contribution in [1.82, 2.24) is 10.2 Å². The third-order valence-corrected chi connectivity index (χ3v) is 4.02. The topological polar surface area (TPSA) is 15.3 Å². The van der Waals surface area contributed by atoms with Gasteiger partial charge < -0.3 is 4.90 Å². The molecule has 2 heteroatoms. The molecule has 0 saturated carbocycles. The van der Waals surface area contributed by atoms with E-state index in [-0.39, 0.29) is 0 Å². The summed E-state index contributed by atoms with van der Waals surface area (Å²) < 4.78 is 0. The normalized spacial score (nSPS) is 30.6. The Morgan fingerprint density at radius 3 is 2.53 bits per heavy atom. The second kappa shape index (κ2) is 7.75. The Bertz CT molecular complexity index is 225. The molecule has 0 amide bonds. The van der Waals surface area contributed by atoms with E-state index < -0.39 is 0 Å². The molecule has 17 heavy (non-hydrogen) atoms. The maximum atomic E-state index is 3.66. The molecule has 2 heterocycles. The third kappa shape index (κ3) is 4.71. The second-order valence-corrected chi connectivity index (χ2v) is 5.50. The zero-order chi connectivity index (χ0) is 11.8. The fourth-order valence-corrected chi connectivity index (χ4v) is 2.94. The van der Waals surface area contributed by atoms with Crippen molar-refractivity contribution in [1.29, 1.82) is 0 Å². The minimum Gasteiger partial charge on any atom is -0.362 e. The second-order valence-electron chi connectivity index (χ2n) is 5.50. The van der Waals surface area contributed by atoms with Gasteiger partial charge >= 0.3 is 0 Å². The minimum atomic E-state index is 0.612. The summed E-state index contributed by atoms with van der Waals surface area (Å²) in [6.07, 6.45) is 19.2. The van der Waals surface area contributed by atoms with Crippen molar-refractivity contribution >= 4 is 0 Å². The Morgan fingerprint density at radius 2 is 1.65 bits per heavy atom. The van der Waals surface area contributed by atoms with E-state index in [9.17, 15) is 0 Å². The minimum absolute atomic E-state index is 0.612. The number of allylic oxidation sites excluding steroid dienone is 1. The lowest BCUT2D eigenvalue weighted by Gasteiger charge is -2.36. The standard InChI is InChI=1S/C15H28N2/c1-2-4-6-8-11-15-16-12-10-14-17(15)13-9-7-5-3-1/h9,13,15-16H,1-8,10-12,14H2/b13-9-. The molecule has 0 aliphatic carbocycles. The van der Waals surface area contributed by atoms with Gasteiger partial charge in [-0.3, -0.25) is 5.32 Å². The maximum absolute atomic E-state index is 3.66. The maximum Gasteiger partial charge on any atom is 0.0790 e. The van der Waals surface area contributed by atoms with Crippen LogP contribution >= 0.6 is 0 Å². The van der Waals surface area contributed by atoms with E-state index in [1.165, 1.54) is 77.3 Å². The number of hydrogen-bond donors (Lipinski definition) is 1. The van der Waals surface area contributed by atoms with E-state index in [1.807, 2.05) is 0 Å². The van der Waals surface area contributed by atoms with Gasteiger partial charge in [0.05, 0.1) is 6.17 Å². The van der Waals surface area contributed by atoms with Gasteiger partial charge in [0, 0.05) is 6.54 Å². The molecule has 98 valence electrons. The van der Waals surface area contributed by atoms with Gasteiger partial charge in [0.25, 0.3) is 0 Å². The average Bonchev–Trinajstić information content (AvgIpc) is 2.38. The van der Waals surface area contributed by atoms with Crippen LogP contribution in [-0.2, 0) is 0 Å². The number of fused-ring (bicyclic) bond motifs is 1. The highest BCUT2D eigenvalue weighted by Gasteiger charge is 2.17. The van der Waals surface area contributed by atoms with Crippen LogP contribution in [0.25, 0.3) is 0 Å². The predicted octanol–water partition coefficient (Wildman–Crippen LogP) is 3.65. The SMILES string of the molecule is C1=C\N2CCCNC2CCCCCCCCC/1. The Labute approximate surface area is 106 Å². The van der Waals surface area contributed by atoms with E-state index in [1.54, 1.807) is 0 Å². The molecule has 1 N–H and O–H groups in total. The van der Waals surface area contributed by atoms with Crippen molar-refractivity contribution in [3.63, 3.8) is 0 Å². The molecule has 0 aromatic carbocycles. The fraction of sp³-hybridized carbons (Fsp3) is 0.867. The van der Waals surface area contributed by atoms with Crippen molar-refractivity contribution in [2.24, 2.45) is 0 Å². The molecule has 1 atom stereocenters. The molecule has 0 spiro atoms. The quantitative estimate of drug-likeness (QED) is 0.690. The molecule has 0 aromatic heterocycles. The molecule has 1 fully saturated rings.